The number of alkyl carbamates (subject to hydrolysis) is 1. The fraction of sp³-hybridized carbons (Fsp3) is 0.500. The molecular weight excluding hydrogens is 654 g/mol. The Bertz CT molecular complexity index is 1800. The number of hydrogen-bond acceptors (Lipinski definition) is 8. The van der Waals surface area contributed by atoms with E-state index in [1.807, 2.05) is 65.5 Å². The Labute approximate surface area is 296 Å². The van der Waals surface area contributed by atoms with Crippen molar-refractivity contribution in [2.75, 3.05) is 13.7 Å². The number of allylic oxidation sites excluding steroid dienone is 1. The number of nitrogens with zero attached hydrogens (tertiary/aromatic N) is 3. The van der Waals surface area contributed by atoms with Gasteiger partial charge in [-0.2, -0.15) is 0 Å². The van der Waals surface area contributed by atoms with Gasteiger partial charge in [-0.05, 0) is 75.6 Å². The predicted octanol–water partition coefficient (Wildman–Crippen LogP) is 4.90. The number of pyridine rings is 1. The van der Waals surface area contributed by atoms with E-state index in [0.717, 1.165) is 50.3 Å². The molecule has 0 unspecified atom stereocenters. The van der Waals surface area contributed by atoms with Gasteiger partial charge in [-0.1, -0.05) is 25.0 Å². The largest absolute Gasteiger partial charge is 0.497 e. The maximum atomic E-state index is 14.4. The van der Waals surface area contributed by atoms with Gasteiger partial charge in [0.2, 0.25) is 11.8 Å². The summed E-state index contributed by atoms with van der Waals surface area (Å²) in [7, 11) is 1.58. The van der Waals surface area contributed by atoms with Crippen LogP contribution in [-0.2, 0) is 19.1 Å². The van der Waals surface area contributed by atoms with Crippen molar-refractivity contribution in [3.05, 3.63) is 60.9 Å². The second kappa shape index (κ2) is 14.7. The van der Waals surface area contributed by atoms with Crippen molar-refractivity contribution in [3.8, 4) is 17.3 Å². The van der Waals surface area contributed by atoms with Gasteiger partial charge in [-0.15, -0.1) is 0 Å². The third kappa shape index (κ3) is 7.38. The average molecular weight is 700 g/mol. The van der Waals surface area contributed by atoms with E-state index in [1.54, 1.807) is 7.11 Å². The number of aliphatic carboxylic acids is 1. The number of fused-ring (bicyclic) bond motifs is 3. The second-order valence-corrected chi connectivity index (χ2v) is 14.1. The van der Waals surface area contributed by atoms with E-state index in [-0.39, 0.29) is 31.4 Å². The molecule has 2 aromatic heterocycles. The van der Waals surface area contributed by atoms with Gasteiger partial charge in [0, 0.05) is 42.3 Å². The summed E-state index contributed by atoms with van der Waals surface area (Å²) < 4.78 is 19.6. The highest BCUT2D eigenvalue weighted by Gasteiger charge is 2.61. The van der Waals surface area contributed by atoms with Gasteiger partial charge in [0.15, 0.2) is 0 Å². The molecular formula is C38H45N5O8. The van der Waals surface area contributed by atoms with E-state index in [9.17, 15) is 24.3 Å². The molecule has 13 heteroatoms. The van der Waals surface area contributed by atoms with Crippen LogP contribution in [0.5, 0.6) is 11.5 Å². The number of aromatic nitrogens is 2. The molecule has 0 bridgehead atoms. The van der Waals surface area contributed by atoms with E-state index in [0.29, 0.717) is 35.7 Å². The summed E-state index contributed by atoms with van der Waals surface area (Å²) in [6.45, 7) is 0.0506. The van der Waals surface area contributed by atoms with Crippen molar-refractivity contribution in [2.45, 2.75) is 100 Å². The summed E-state index contributed by atoms with van der Waals surface area (Å²) >= 11 is 0. The standard InChI is InChI=1S/C38H45N5O8/c1-49-26-15-16-28-30(19-26)39-33(42-17-9-10-18-42)21-32(28)50-27-20-31-34(44)41-38(36(46)47)22-24(38)11-5-3-2-4-6-14-29(35(45)43(31)23-27)40-37(48)51-25-12-7-8-13-25/h5,9-11,15-19,21,24-25,27,29,31H,2-4,6-8,12-14,20,22-23H2,1H3,(H,40,48)(H,41,44)(H,46,47)/b11-5-/t24-,27-,29+,31+,38-/m1/s1. The summed E-state index contributed by atoms with van der Waals surface area (Å²) in [6, 6.07) is 9.13. The Morgan fingerprint density at radius 2 is 1.80 bits per heavy atom. The molecule has 1 saturated heterocycles. The zero-order valence-electron chi connectivity index (χ0n) is 28.8. The molecule has 7 rings (SSSR count). The molecule has 13 nitrogen and oxygen atoms in total. The molecule has 2 saturated carbocycles. The van der Waals surface area contributed by atoms with Crippen LogP contribution in [-0.4, -0.2) is 86.9 Å². The Balaban J connectivity index is 1.20. The van der Waals surface area contributed by atoms with Crippen LogP contribution in [0, 0.1) is 5.92 Å². The number of nitrogens with one attached hydrogen (secondary N) is 2. The lowest BCUT2D eigenvalue weighted by Gasteiger charge is -2.29. The van der Waals surface area contributed by atoms with E-state index in [4.69, 9.17) is 19.2 Å². The Hall–Kier alpha value is -5.07. The monoisotopic (exact) mass is 699 g/mol. The molecule has 270 valence electrons. The molecule has 4 aliphatic rings. The first-order valence-corrected chi connectivity index (χ1v) is 18.0. The molecule has 1 aromatic carbocycles. The first kappa shape index (κ1) is 34.4. The topological polar surface area (TPSA) is 161 Å². The van der Waals surface area contributed by atoms with E-state index < -0.39 is 47.6 Å². The molecule has 0 radical (unpaired) electrons. The highest BCUT2D eigenvalue weighted by Crippen LogP contribution is 2.45. The summed E-state index contributed by atoms with van der Waals surface area (Å²) in [4.78, 5) is 60.4. The zero-order valence-corrected chi connectivity index (χ0v) is 28.8. The lowest BCUT2D eigenvalue weighted by atomic mass is 10.0. The first-order chi connectivity index (χ1) is 24.7. The van der Waals surface area contributed by atoms with Crippen LogP contribution in [0.2, 0.25) is 0 Å². The SMILES string of the molecule is COc1ccc2c(O[C@@H]3C[C@H]4C(=O)N[C@]5(C(=O)O)C[C@H]5/C=C\CCCCC[C@H](NC(=O)OC5CCCC5)C(=O)N4C3)cc(-n3cccc3)nc2c1. The van der Waals surface area contributed by atoms with Crippen molar-refractivity contribution in [2.24, 2.45) is 5.92 Å². The van der Waals surface area contributed by atoms with Crippen molar-refractivity contribution < 1.29 is 38.5 Å². The van der Waals surface area contributed by atoms with Gasteiger partial charge in [0.1, 0.15) is 47.1 Å². The number of amides is 3. The third-order valence-electron chi connectivity index (χ3n) is 10.6. The van der Waals surface area contributed by atoms with Crippen molar-refractivity contribution >= 4 is 34.8 Å². The number of carbonyl (C=O) groups is 4. The number of ether oxygens (including phenoxy) is 3. The van der Waals surface area contributed by atoms with Gasteiger partial charge in [-0.3, -0.25) is 9.59 Å². The fourth-order valence-electron chi connectivity index (χ4n) is 7.67. The number of carboxylic acid groups (broad SMARTS) is 1. The molecule has 4 heterocycles. The minimum absolute atomic E-state index is 0.0506. The van der Waals surface area contributed by atoms with Crippen LogP contribution in [0.3, 0.4) is 0 Å². The summed E-state index contributed by atoms with van der Waals surface area (Å²) in [5, 5.41) is 16.6. The quantitative estimate of drug-likeness (QED) is 0.292. The highest BCUT2D eigenvalue weighted by molar-refractivity contribution is 5.96. The Kier molecular flexibility index (Phi) is 9.88. The van der Waals surface area contributed by atoms with Crippen LogP contribution in [0.4, 0.5) is 4.79 Å². The number of carbonyl (C=O) groups excluding carboxylic acids is 3. The molecule has 5 atom stereocenters. The van der Waals surface area contributed by atoms with Gasteiger partial charge in [-0.25, -0.2) is 14.6 Å². The number of benzene rings is 1. The van der Waals surface area contributed by atoms with Crippen molar-refractivity contribution in [1.29, 1.82) is 0 Å². The minimum atomic E-state index is -1.43. The molecule has 0 spiro atoms. The fourth-order valence-corrected chi connectivity index (χ4v) is 7.67. The van der Waals surface area contributed by atoms with Crippen molar-refractivity contribution in [3.63, 3.8) is 0 Å². The first-order valence-electron chi connectivity index (χ1n) is 18.0. The summed E-state index contributed by atoms with van der Waals surface area (Å²) in [5.74, 6) is -0.684. The number of carboxylic acids is 1. The minimum Gasteiger partial charge on any atom is -0.497 e. The molecule has 2 aliphatic carbocycles. The second-order valence-electron chi connectivity index (χ2n) is 14.1. The van der Waals surface area contributed by atoms with E-state index >= 15 is 0 Å². The van der Waals surface area contributed by atoms with Crippen LogP contribution in [0.1, 0.15) is 70.6 Å². The van der Waals surface area contributed by atoms with Gasteiger partial charge in [0.25, 0.3) is 0 Å². The molecule has 3 fully saturated rings. The van der Waals surface area contributed by atoms with Crippen LogP contribution in [0.25, 0.3) is 16.7 Å². The Morgan fingerprint density at radius 3 is 2.57 bits per heavy atom. The normalized spacial score (nSPS) is 27.7. The zero-order chi connectivity index (χ0) is 35.5. The molecule has 3 amide bonds. The highest BCUT2D eigenvalue weighted by atomic mass is 16.6. The van der Waals surface area contributed by atoms with Crippen molar-refractivity contribution in [1.82, 2.24) is 25.1 Å². The summed E-state index contributed by atoms with van der Waals surface area (Å²) in [6.07, 6.45) is 13.6. The predicted molar refractivity (Wildman–Crippen MR) is 187 cm³/mol. The van der Waals surface area contributed by atoms with Gasteiger partial charge < -0.3 is 39.4 Å². The van der Waals surface area contributed by atoms with Gasteiger partial charge in [0.05, 0.1) is 19.2 Å². The molecule has 2 aliphatic heterocycles. The van der Waals surface area contributed by atoms with Crippen LogP contribution < -0.4 is 20.1 Å². The number of rotatable bonds is 7. The maximum Gasteiger partial charge on any atom is 0.408 e. The van der Waals surface area contributed by atoms with Crippen LogP contribution >= 0.6 is 0 Å². The smallest absolute Gasteiger partial charge is 0.408 e. The molecule has 3 aromatic rings. The lowest BCUT2D eigenvalue weighted by Crippen LogP contribution is -2.56. The molecule has 51 heavy (non-hydrogen) atoms. The van der Waals surface area contributed by atoms with E-state index in [1.165, 1.54) is 4.90 Å². The average Bonchev–Trinajstić information content (AvgIpc) is 3.61. The number of hydrogen-bond donors (Lipinski definition) is 3. The summed E-state index contributed by atoms with van der Waals surface area (Å²) in [5.41, 5.74) is -0.797. The molecule has 3 N–H and O–H groups in total. The van der Waals surface area contributed by atoms with E-state index in [2.05, 4.69) is 10.6 Å². The number of methoxy groups -OCH3 is 1. The van der Waals surface area contributed by atoms with Crippen LogP contribution in [0.15, 0.2) is 60.9 Å². The van der Waals surface area contributed by atoms with Gasteiger partial charge >= 0.3 is 12.1 Å². The third-order valence-corrected chi connectivity index (χ3v) is 10.6. The lowest BCUT2D eigenvalue weighted by molar-refractivity contribution is -0.145. The Morgan fingerprint density at radius 1 is 1.02 bits per heavy atom. The maximum absolute atomic E-state index is 14.4.